The van der Waals surface area contributed by atoms with E-state index in [0.717, 1.165) is 21.1 Å². The number of hydrogen-bond donors (Lipinski definition) is 3. The molecule has 0 aliphatic heterocycles. The molecule has 1 atom stereocenters. The SMILES string of the molecule is CCOc1ccc(NC(=O)NCc2ccc(C(O)c3ccccc3)s2)cc1. The number of rotatable bonds is 7. The molecule has 0 saturated heterocycles. The molecule has 3 rings (SSSR count). The third-order valence-electron chi connectivity index (χ3n) is 3.91. The first-order valence-corrected chi connectivity index (χ1v) is 9.56. The van der Waals surface area contributed by atoms with Crippen LogP contribution in [-0.4, -0.2) is 17.7 Å². The van der Waals surface area contributed by atoms with Crippen LogP contribution in [0.25, 0.3) is 0 Å². The maximum Gasteiger partial charge on any atom is 0.319 e. The van der Waals surface area contributed by atoms with Crippen molar-refractivity contribution in [3.8, 4) is 5.75 Å². The van der Waals surface area contributed by atoms with Crippen LogP contribution in [0.4, 0.5) is 10.5 Å². The summed E-state index contributed by atoms with van der Waals surface area (Å²) in [7, 11) is 0. The Morgan fingerprint density at radius 1 is 1.07 bits per heavy atom. The summed E-state index contributed by atoms with van der Waals surface area (Å²) < 4.78 is 5.38. The Labute approximate surface area is 162 Å². The lowest BCUT2D eigenvalue weighted by molar-refractivity contribution is 0.224. The molecule has 3 aromatic rings. The third-order valence-corrected chi connectivity index (χ3v) is 5.05. The van der Waals surface area contributed by atoms with Gasteiger partial charge in [0.05, 0.1) is 13.2 Å². The number of aliphatic hydroxyl groups excluding tert-OH is 1. The van der Waals surface area contributed by atoms with Gasteiger partial charge in [-0.2, -0.15) is 0 Å². The zero-order valence-electron chi connectivity index (χ0n) is 15.0. The van der Waals surface area contributed by atoms with Crippen molar-refractivity contribution in [1.29, 1.82) is 0 Å². The number of benzene rings is 2. The number of carbonyl (C=O) groups excluding carboxylic acids is 1. The van der Waals surface area contributed by atoms with Crippen LogP contribution in [0.5, 0.6) is 5.75 Å². The standard InChI is InChI=1S/C21H22N2O3S/c1-2-26-17-10-8-16(9-11-17)23-21(25)22-14-18-12-13-19(27-18)20(24)15-6-4-3-5-7-15/h3-13,20,24H,2,14H2,1H3,(H2,22,23,25). The van der Waals surface area contributed by atoms with E-state index in [0.29, 0.717) is 18.8 Å². The van der Waals surface area contributed by atoms with Crippen LogP contribution >= 0.6 is 11.3 Å². The normalized spacial score (nSPS) is 11.6. The highest BCUT2D eigenvalue weighted by Gasteiger charge is 2.13. The van der Waals surface area contributed by atoms with Gasteiger partial charge in [-0.15, -0.1) is 11.3 Å². The minimum absolute atomic E-state index is 0.280. The maximum atomic E-state index is 12.1. The number of nitrogens with one attached hydrogen (secondary N) is 2. The fourth-order valence-corrected chi connectivity index (χ4v) is 3.55. The molecule has 0 fully saturated rings. The lowest BCUT2D eigenvalue weighted by Crippen LogP contribution is -2.27. The molecule has 140 valence electrons. The molecule has 6 heteroatoms. The summed E-state index contributed by atoms with van der Waals surface area (Å²) >= 11 is 1.48. The fraction of sp³-hybridized carbons (Fsp3) is 0.190. The fourth-order valence-electron chi connectivity index (χ4n) is 2.58. The predicted octanol–water partition coefficient (Wildman–Crippen LogP) is 4.55. The molecular formula is C21H22N2O3S. The Morgan fingerprint density at radius 3 is 2.52 bits per heavy atom. The molecular weight excluding hydrogens is 360 g/mol. The molecule has 1 heterocycles. The van der Waals surface area contributed by atoms with E-state index in [9.17, 15) is 9.90 Å². The van der Waals surface area contributed by atoms with Crippen LogP contribution in [-0.2, 0) is 6.54 Å². The van der Waals surface area contributed by atoms with Gasteiger partial charge < -0.3 is 20.5 Å². The van der Waals surface area contributed by atoms with Crippen molar-refractivity contribution >= 4 is 23.1 Å². The van der Waals surface area contributed by atoms with Crippen LogP contribution in [0.1, 0.15) is 28.3 Å². The summed E-state index contributed by atoms with van der Waals surface area (Å²) in [5.41, 5.74) is 1.55. The van der Waals surface area contributed by atoms with Gasteiger partial charge in [0.2, 0.25) is 0 Å². The van der Waals surface area contributed by atoms with Gasteiger partial charge in [-0.05, 0) is 48.9 Å². The van der Waals surface area contributed by atoms with Gasteiger partial charge in [0.1, 0.15) is 11.9 Å². The number of amides is 2. The molecule has 0 bridgehead atoms. The summed E-state index contributed by atoms with van der Waals surface area (Å²) in [4.78, 5) is 13.9. The largest absolute Gasteiger partial charge is 0.494 e. The topological polar surface area (TPSA) is 70.6 Å². The van der Waals surface area contributed by atoms with Gasteiger partial charge in [0.25, 0.3) is 0 Å². The zero-order valence-corrected chi connectivity index (χ0v) is 15.8. The second kappa shape index (κ2) is 9.21. The summed E-state index contributed by atoms with van der Waals surface area (Å²) in [6.07, 6.45) is -0.650. The predicted molar refractivity (Wildman–Crippen MR) is 108 cm³/mol. The molecule has 3 N–H and O–H groups in total. The van der Waals surface area contributed by atoms with E-state index in [1.165, 1.54) is 11.3 Å². The molecule has 5 nitrogen and oxygen atoms in total. The van der Waals surface area contributed by atoms with Gasteiger partial charge in [-0.1, -0.05) is 30.3 Å². The van der Waals surface area contributed by atoms with Crippen molar-refractivity contribution in [1.82, 2.24) is 5.32 Å². The third kappa shape index (κ3) is 5.32. The Bertz CT molecular complexity index is 863. The molecule has 27 heavy (non-hydrogen) atoms. The Kier molecular flexibility index (Phi) is 6.46. The highest BCUT2D eigenvalue weighted by molar-refractivity contribution is 7.12. The van der Waals surface area contributed by atoms with Gasteiger partial charge in [-0.3, -0.25) is 0 Å². The molecule has 2 amide bonds. The quantitative estimate of drug-likeness (QED) is 0.561. The van der Waals surface area contributed by atoms with Gasteiger partial charge >= 0.3 is 6.03 Å². The summed E-state index contributed by atoms with van der Waals surface area (Å²) in [6, 6.07) is 20.3. The lowest BCUT2D eigenvalue weighted by Gasteiger charge is -2.09. The van der Waals surface area contributed by atoms with Gasteiger partial charge in [0.15, 0.2) is 0 Å². The molecule has 1 unspecified atom stereocenters. The lowest BCUT2D eigenvalue weighted by atomic mass is 10.1. The van der Waals surface area contributed by atoms with Crippen molar-refractivity contribution in [3.63, 3.8) is 0 Å². The highest BCUT2D eigenvalue weighted by Crippen LogP contribution is 2.28. The zero-order chi connectivity index (χ0) is 19.1. The first-order chi connectivity index (χ1) is 13.2. The minimum Gasteiger partial charge on any atom is -0.494 e. The van der Waals surface area contributed by atoms with Crippen molar-refractivity contribution in [2.45, 2.75) is 19.6 Å². The van der Waals surface area contributed by atoms with E-state index in [4.69, 9.17) is 4.74 Å². The average molecular weight is 382 g/mol. The van der Waals surface area contributed by atoms with E-state index < -0.39 is 6.10 Å². The monoisotopic (exact) mass is 382 g/mol. The van der Waals surface area contributed by atoms with Gasteiger partial charge in [-0.25, -0.2) is 4.79 Å². The highest BCUT2D eigenvalue weighted by atomic mass is 32.1. The van der Waals surface area contributed by atoms with E-state index in [1.807, 2.05) is 61.5 Å². The van der Waals surface area contributed by atoms with Crippen LogP contribution < -0.4 is 15.4 Å². The molecule has 0 saturated carbocycles. The number of carbonyl (C=O) groups is 1. The first kappa shape index (κ1) is 18.9. The Hall–Kier alpha value is -2.83. The van der Waals surface area contributed by atoms with Crippen molar-refractivity contribution in [2.24, 2.45) is 0 Å². The van der Waals surface area contributed by atoms with Crippen LogP contribution in [0.2, 0.25) is 0 Å². The molecule has 2 aromatic carbocycles. The van der Waals surface area contributed by atoms with Gasteiger partial charge in [0, 0.05) is 15.4 Å². The van der Waals surface area contributed by atoms with E-state index in [2.05, 4.69) is 10.6 Å². The first-order valence-electron chi connectivity index (χ1n) is 8.75. The van der Waals surface area contributed by atoms with Crippen molar-refractivity contribution in [3.05, 3.63) is 82.0 Å². The molecule has 1 aromatic heterocycles. The van der Waals surface area contributed by atoms with Crippen LogP contribution in [0.15, 0.2) is 66.7 Å². The number of urea groups is 1. The molecule has 0 radical (unpaired) electrons. The number of ether oxygens (including phenoxy) is 1. The number of anilines is 1. The van der Waals surface area contributed by atoms with E-state index in [-0.39, 0.29) is 6.03 Å². The smallest absolute Gasteiger partial charge is 0.319 e. The second-order valence-electron chi connectivity index (χ2n) is 5.88. The maximum absolute atomic E-state index is 12.1. The van der Waals surface area contributed by atoms with Crippen molar-refractivity contribution in [2.75, 3.05) is 11.9 Å². The Morgan fingerprint density at radius 2 is 1.81 bits per heavy atom. The summed E-state index contributed by atoms with van der Waals surface area (Å²) in [6.45, 7) is 2.93. The number of thiophene rings is 1. The summed E-state index contributed by atoms with van der Waals surface area (Å²) in [5, 5.41) is 16.1. The summed E-state index contributed by atoms with van der Waals surface area (Å²) in [5.74, 6) is 0.770. The Balaban J connectivity index is 1.51. The molecule has 0 aliphatic carbocycles. The van der Waals surface area contributed by atoms with E-state index in [1.54, 1.807) is 12.1 Å². The molecule has 0 spiro atoms. The number of hydrogen-bond acceptors (Lipinski definition) is 4. The van der Waals surface area contributed by atoms with E-state index >= 15 is 0 Å². The molecule has 0 aliphatic rings. The second-order valence-corrected chi connectivity index (χ2v) is 7.08. The average Bonchev–Trinajstić information content (AvgIpc) is 3.17. The van der Waals surface area contributed by atoms with Crippen LogP contribution in [0, 0.1) is 0 Å². The number of aliphatic hydroxyl groups is 1. The van der Waals surface area contributed by atoms with Crippen LogP contribution in [0.3, 0.4) is 0 Å². The minimum atomic E-state index is -0.650. The van der Waals surface area contributed by atoms with Crippen molar-refractivity contribution < 1.29 is 14.6 Å².